The van der Waals surface area contributed by atoms with Crippen molar-refractivity contribution in [3.63, 3.8) is 0 Å². The van der Waals surface area contributed by atoms with E-state index in [-0.39, 0.29) is 0 Å². The van der Waals surface area contributed by atoms with Gasteiger partial charge in [0.25, 0.3) is 0 Å². The van der Waals surface area contributed by atoms with Gasteiger partial charge in [0, 0.05) is 64.3 Å². The largest absolute Gasteiger partial charge is 0.357 e. The summed E-state index contributed by atoms with van der Waals surface area (Å²) >= 11 is 0. The van der Waals surface area contributed by atoms with E-state index in [4.69, 9.17) is 9.98 Å². The van der Waals surface area contributed by atoms with Crippen LogP contribution in [-0.2, 0) is 6.42 Å². The summed E-state index contributed by atoms with van der Waals surface area (Å²) in [5.41, 5.74) is 3.31. The van der Waals surface area contributed by atoms with Gasteiger partial charge in [-0.25, -0.2) is 9.97 Å². The first kappa shape index (κ1) is 19.2. The van der Waals surface area contributed by atoms with Crippen molar-refractivity contribution in [2.45, 2.75) is 20.3 Å². The predicted molar refractivity (Wildman–Crippen MR) is 118 cm³/mol. The number of piperazine rings is 1. The van der Waals surface area contributed by atoms with E-state index >= 15 is 0 Å². The minimum atomic E-state index is 0.728. The fourth-order valence-corrected chi connectivity index (χ4v) is 3.72. The average Bonchev–Trinajstić information content (AvgIpc) is 3.18. The maximum absolute atomic E-state index is 4.87. The first-order valence-corrected chi connectivity index (χ1v) is 10.4. The Morgan fingerprint density at radius 1 is 1.14 bits per heavy atom. The molecule has 1 saturated heterocycles. The van der Waals surface area contributed by atoms with Crippen LogP contribution in [0.15, 0.2) is 53.9 Å². The van der Waals surface area contributed by atoms with Gasteiger partial charge in [-0.05, 0) is 37.6 Å². The van der Waals surface area contributed by atoms with E-state index in [1.165, 1.54) is 5.56 Å². The van der Waals surface area contributed by atoms with E-state index in [9.17, 15) is 0 Å². The Morgan fingerprint density at radius 2 is 2.00 bits per heavy atom. The SMILES string of the molecule is CCNC(=NCCc1cn2cccc(C)c2n1)N1CCN(c2ccccn2)CC1. The molecule has 0 aromatic carbocycles. The van der Waals surface area contributed by atoms with E-state index in [1.54, 1.807) is 0 Å². The number of hydrogen-bond donors (Lipinski definition) is 1. The number of rotatable bonds is 5. The Morgan fingerprint density at radius 3 is 2.72 bits per heavy atom. The van der Waals surface area contributed by atoms with Crippen LogP contribution in [0, 0.1) is 6.92 Å². The van der Waals surface area contributed by atoms with Gasteiger partial charge >= 0.3 is 0 Å². The number of fused-ring (bicyclic) bond motifs is 1. The van der Waals surface area contributed by atoms with Crippen LogP contribution < -0.4 is 10.2 Å². The molecule has 0 saturated carbocycles. The molecule has 1 fully saturated rings. The van der Waals surface area contributed by atoms with Gasteiger partial charge in [0.15, 0.2) is 5.96 Å². The number of imidazole rings is 1. The maximum atomic E-state index is 4.87. The summed E-state index contributed by atoms with van der Waals surface area (Å²) in [5.74, 6) is 2.05. The molecule has 3 aromatic rings. The molecular weight excluding hydrogens is 362 g/mol. The van der Waals surface area contributed by atoms with Crippen LogP contribution in [0.25, 0.3) is 5.65 Å². The van der Waals surface area contributed by atoms with Crippen molar-refractivity contribution < 1.29 is 0 Å². The Labute approximate surface area is 172 Å². The van der Waals surface area contributed by atoms with Gasteiger partial charge in [0.05, 0.1) is 5.69 Å². The normalized spacial score (nSPS) is 15.2. The van der Waals surface area contributed by atoms with E-state index < -0.39 is 0 Å². The summed E-state index contributed by atoms with van der Waals surface area (Å²) in [6.07, 6.45) is 6.85. The molecule has 0 atom stereocenters. The molecule has 7 nitrogen and oxygen atoms in total. The number of guanidine groups is 1. The van der Waals surface area contributed by atoms with E-state index in [1.807, 2.05) is 24.5 Å². The lowest BCUT2D eigenvalue weighted by Gasteiger charge is -2.37. The molecule has 1 aliphatic rings. The highest BCUT2D eigenvalue weighted by Crippen LogP contribution is 2.13. The molecule has 0 amide bonds. The third-order valence-electron chi connectivity index (χ3n) is 5.24. The van der Waals surface area contributed by atoms with E-state index in [0.717, 1.165) is 68.8 Å². The molecule has 29 heavy (non-hydrogen) atoms. The van der Waals surface area contributed by atoms with Crippen molar-refractivity contribution in [3.8, 4) is 0 Å². The molecule has 4 heterocycles. The summed E-state index contributed by atoms with van der Waals surface area (Å²) in [7, 11) is 0. The summed E-state index contributed by atoms with van der Waals surface area (Å²) < 4.78 is 2.09. The number of aryl methyl sites for hydroxylation is 1. The fraction of sp³-hybridized carbons (Fsp3) is 0.409. The fourth-order valence-electron chi connectivity index (χ4n) is 3.72. The molecule has 0 aliphatic carbocycles. The lowest BCUT2D eigenvalue weighted by molar-refractivity contribution is 0.371. The number of nitrogens with one attached hydrogen (secondary N) is 1. The van der Waals surface area contributed by atoms with Crippen molar-refractivity contribution >= 4 is 17.4 Å². The smallest absolute Gasteiger partial charge is 0.194 e. The van der Waals surface area contributed by atoms with Crippen LogP contribution in [0.1, 0.15) is 18.2 Å². The lowest BCUT2D eigenvalue weighted by atomic mass is 10.3. The first-order chi connectivity index (χ1) is 14.2. The van der Waals surface area contributed by atoms with Crippen LogP contribution >= 0.6 is 0 Å². The van der Waals surface area contributed by atoms with Crippen molar-refractivity contribution in [2.24, 2.45) is 4.99 Å². The molecule has 0 unspecified atom stereocenters. The third-order valence-corrected chi connectivity index (χ3v) is 5.24. The highest BCUT2D eigenvalue weighted by Gasteiger charge is 2.20. The van der Waals surface area contributed by atoms with Crippen LogP contribution in [0.3, 0.4) is 0 Å². The van der Waals surface area contributed by atoms with Crippen LogP contribution in [0.2, 0.25) is 0 Å². The first-order valence-electron chi connectivity index (χ1n) is 10.4. The van der Waals surface area contributed by atoms with Crippen LogP contribution in [0.5, 0.6) is 0 Å². The number of anilines is 1. The quantitative estimate of drug-likeness (QED) is 0.534. The second-order valence-corrected chi connectivity index (χ2v) is 7.30. The molecule has 0 radical (unpaired) electrons. The standard InChI is InChI=1S/C22H29N7/c1-3-23-22(28-15-13-27(14-16-28)20-8-4-5-10-24-20)25-11-9-19-17-29-12-6-7-18(2)21(29)26-19/h4-8,10,12,17H,3,9,11,13-16H2,1-2H3,(H,23,25). The van der Waals surface area contributed by atoms with Crippen LogP contribution in [-0.4, -0.2) is 64.5 Å². The summed E-state index contributed by atoms with van der Waals surface area (Å²) in [6.45, 7) is 9.59. The van der Waals surface area contributed by atoms with Gasteiger partial charge in [0.1, 0.15) is 11.5 Å². The topological polar surface area (TPSA) is 61.1 Å². The van der Waals surface area contributed by atoms with Crippen molar-refractivity contribution in [1.82, 2.24) is 24.6 Å². The Hall–Kier alpha value is -3.09. The van der Waals surface area contributed by atoms with Gasteiger partial charge in [-0.2, -0.15) is 0 Å². The lowest BCUT2D eigenvalue weighted by Crippen LogP contribution is -2.52. The summed E-state index contributed by atoms with van der Waals surface area (Å²) in [6, 6.07) is 10.2. The summed E-state index contributed by atoms with van der Waals surface area (Å²) in [5, 5.41) is 3.45. The van der Waals surface area contributed by atoms with Crippen molar-refractivity contribution in [1.29, 1.82) is 0 Å². The number of aliphatic imine (C=N–C) groups is 1. The molecule has 3 aromatic heterocycles. The van der Waals surface area contributed by atoms with Crippen molar-refractivity contribution in [2.75, 3.05) is 44.2 Å². The van der Waals surface area contributed by atoms with Gasteiger partial charge in [0.2, 0.25) is 0 Å². The molecule has 4 rings (SSSR count). The number of pyridine rings is 2. The second-order valence-electron chi connectivity index (χ2n) is 7.30. The predicted octanol–water partition coefficient (Wildman–Crippen LogP) is 2.37. The van der Waals surface area contributed by atoms with Crippen LogP contribution in [0.4, 0.5) is 5.82 Å². The number of aromatic nitrogens is 3. The molecule has 152 valence electrons. The number of nitrogens with zero attached hydrogens (tertiary/aromatic N) is 6. The molecule has 1 aliphatic heterocycles. The minimum Gasteiger partial charge on any atom is -0.357 e. The van der Waals surface area contributed by atoms with Crippen molar-refractivity contribution in [3.05, 3.63) is 60.2 Å². The molecular formula is C22H29N7. The number of hydrogen-bond acceptors (Lipinski definition) is 4. The molecule has 1 N–H and O–H groups in total. The zero-order valence-electron chi connectivity index (χ0n) is 17.3. The van der Waals surface area contributed by atoms with Gasteiger partial charge in [-0.15, -0.1) is 0 Å². The zero-order chi connectivity index (χ0) is 20.1. The maximum Gasteiger partial charge on any atom is 0.194 e. The third kappa shape index (κ3) is 4.50. The highest BCUT2D eigenvalue weighted by atomic mass is 15.4. The zero-order valence-corrected chi connectivity index (χ0v) is 17.3. The highest BCUT2D eigenvalue weighted by molar-refractivity contribution is 5.80. The Kier molecular flexibility index (Phi) is 5.93. The van der Waals surface area contributed by atoms with E-state index in [2.05, 4.69) is 62.7 Å². The Balaban J connectivity index is 1.37. The monoisotopic (exact) mass is 391 g/mol. The Bertz CT molecular complexity index is 956. The second kappa shape index (κ2) is 8.94. The van der Waals surface area contributed by atoms with Gasteiger partial charge < -0.3 is 19.5 Å². The molecule has 7 heteroatoms. The molecule has 0 spiro atoms. The van der Waals surface area contributed by atoms with Gasteiger partial charge in [-0.3, -0.25) is 4.99 Å². The average molecular weight is 392 g/mol. The summed E-state index contributed by atoms with van der Waals surface area (Å²) in [4.78, 5) is 18.8. The van der Waals surface area contributed by atoms with E-state index in [0.29, 0.717) is 0 Å². The molecule has 0 bridgehead atoms. The minimum absolute atomic E-state index is 0.728. The van der Waals surface area contributed by atoms with Gasteiger partial charge in [-0.1, -0.05) is 12.1 Å².